The highest BCUT2D eigenvalue weighted by Crippen LogP contribution is 2.30. The number of rotatable bonds is 5. The minimum atomic E-state index is -0.537. The first-order valence-corrected chi connectivity index (χ1v) is 11.1. The number of halogens is 1. The number of esters is 1. The Kier molecular flexibility index (Phi) is 6.52. The van der Waals surface area contributed by atoms with Crippen molar-refractivity contribution in [2.24, 2.45) is 0 Å². The molecule has 1 unspecified atom stereocenters. The van der Waals surface area contributed by atoms with Crippen molar-refractivity contribution in [2.45, 2.75) is 38.6 Å². The summed E-state index contributed by atoms with van der Waals surface area (Å²) in [6.07, 6.45) is 4.05. The van der Waals surface area contributed by atoms with Crippen LogP contribution in [0.2, 0.25) is 5.02 Å². The van der Waals surface area contributed by atoms with Gasteiger partial charge >= 0.3 is 5.97 Å². The van der Waals surface area contributed by atoms with Gasteiger partial charge in [0.2, 0.25) is 0 Å². The summed E-state index contributed by atoms with van der Waals surface area (Å²) in [5.74, 6) is -0.671. The molecule has 0 radical (unpaired) electrons. The number of piperidine rings is 1. The Labute approximate surface area is 187 Å². The number of carbonyl (C=O) groups is 2. The fraction of sp³-hybridized carbons (Fsp3) is 0.320. The number of amides is 1. The standard InChI is InChI=1S/C25H25ClN2O3/c1-2-17-9-7-8-14-28(17)24(29)16-31-25(30)20-15-23(19-11-3-5-12-21(19)26)27-22-13-6-4-10-18(20)22/h3-6,10-13,15,17H,2,7-9,14,16H2,1H3. The van der Waals surface area contributed by atoms with E-state index in [-0.39, 0.29) is 18.6 Å². The summed E-state index contributed by atoms with van der Waals surface area (Å²) < 4.78 is 5.47. The van der Waals surface area contributed by atoms with Crippen LogP contribution >= 0.6 is 11.6 Å². The van der Waals surface area contributed by atoms with E-state index in [2.05, 4.69) is 11.9 Å². The van der Waals surface area contributed by atoms with Gasteiger partial charge in [-0.15, -0.1) is 0 Å². The Hall–Kier alpha value is -2.92. The second-order valence-electron chi connectivity index (χ2n) is 7.77. The van der Waals surface area contributed by atoms with E-state index in [1.54, 1.807) is 12.1 Å². The number of para-hydroxylation sites is 1. The Morgan fingerprint density at radius 2 is 1.90 bits per heavy atom. The maximum absolute atomic E-state index is 13.0. The van der Waals surface area contributed by atoms with Gasteiger partial charge in [-0.2, -0.15) is 0 Å². The molecule has 0 N–H and O–H groups in total. The zero-order valence-electron chi connectivity index (χ0n) is 17.5. The van der Waals surface area contributed by atoms with E-state index < -0.39 is 5.97 Å². The molecule has 1 amide bonds. The van der Waals surface area contributed by atoms with Crippen molar-refractivity contribution < 1.29 is 14.3 Å². The highest BCUT2D eigenvalue weighted by molar-refractivity contribution is 6.33. The first kappa shape index (κ1) is 21.3. The molecule has 1 fully saturated rings. The molecule has 1 atom stereocenters. The number of fused-ring (bicyclic) bond motifs is 1. The third kappa shape index (κ3) is 4.57. The predicted octanol–water partition coefficient (Wildman–Crippen LogP) is 5.50. The summed E-state index contributed by atoms with van der Waals surface area (Å²) in [5, 5.41) is 1.23. The molecule has 5 nitrogen and oxygen atoms in total. The van der Waals surface area contributed by atoms with Crippen LogP contribution in [0.25, 0.3) is 22.2 Å². The highest BCUT2D eigenvalue weighted by atomic mass is 35.5. The molecule has 3 aromatic rings. The monoisotopic (exact) mass is 436 g/mol. The molecule has 0 aliphatic carbocycles. The van der Waals surface area contributed by atoms with Crippen molar-refractivity contribution in [3.05, 3.63) is 65.2 Å². The van der Waals surface area contributed by atoms with Crippen LogP contribution in [0, 0.1) is 0 Å². The summed E-state index contributed by atoms with van der Waals surface area (Å²) in [6, 6.07) is 16.7. The number of hydrogen-bond donors (Lipinski definition) is 0. The van der Waals surface area contributed by atoms with Gasteiger partial charge in [0.15, 0.2) is 6.61 Å². The first-order chi connectivity index (χ1) is 15.1. The van der Waals surface area contributed by atoms with Crippen molar-refractivity contribution in [1.29, 1.82) is 0 Å². The molecule has 1 saturated heterocycles. The Morgan fingerprint density at radius 3 is 2.71 bits per heavy atom. The number of pyridine rings is 1. The second-order valence-corrected chi connectivity index (χ2v) is 8.18. The molecule has 2 heterocycles. The Bertz CT molecular complexity index is 1110. The number of ether oxygens (including phenoxy) is 1. The lowest BCUT2D eigenvalue weighted by atomic mass is 10.00. The van der Waals surface area contributed by atoms with E-state index >= 15 is 0 Å². The zero-order valence-corrected chi connectivity index (χ0v) is 18.3. The molecule has 1 aromatic heterocycles. The summed E-state index contributed by atoms with van der Waals surface area (Å²) >= 11 is 6.35. The molecular weight excluding hydrogens is 412 g/mol. The summed E-state index contributed by atoms with van der Waals surface area (Å²) in [6.45, 7) is 2.55. The highest BCUT2D eigenvalue weighted by Gasteiger charge is 2.26. The Balaban J connectivity index is 1.60. The number of nitrogens with zero attached hydrogens (tertiary/aromatic N) is 2. The van der Waals surface area contributed by atoms with Crippen LogP contribution in [-0.4, -0.2) is 41.0 Å². The minimum Gasteiger partial charge on any atom is -0.452 e. The van der Waals surface area contributed by atoms with Crippen molar-refractivity contribution in [3.63, 3.8) is 0 Å². The normalized spacial score (nSPS) is 16.3. The predicted molar refractivity (Wildman–Crippen MR) is 122 cm³/mol. The Morgan fingerprint density at radius 1 is 1.13 bits per heavy atom. The van der Waals surface area contributed by atoms with Gasteiger partial charge in [-0.25, -0.2) is 9.78 Å². The van der Waals surface area contributed by atoms with E-state index in [1.807, 2.05) is 47.4 Å². The molecular formula is C25H25ClN2O3. The minimum absolute atomic E-state index is 0.135. The van der Waals surface area contributed by atoms with E-state index in [1.165, 1.54) is 0 Å². The molecule has 31 heavy (non-hydrogen) atoms. The van der Waals surface area contributed by atoms with Gasteiger partial charge in [-0.05, 0) is 43.9 Å². The summed E-state index contributed by atoms with van der Waals surface area (Å²) in [7, 11) is 0. The van der Waals surface area contributed by atoms with E-state index in [0.29, 0.717) is 27.2 Å². The van der Waals surface area contributed by atoms with Crippen LogP contribution in [-0.2, 0) is 9.53 Å². The number of aromatic nitrogens is 1. The van der Waals surface area contributed by atoms with E-state index in [0.717, 1.165) is 37.8 Å². The van der Waals surface area contributed by atoms with E-state index in [4.69, 9.17) is 16.3 Å². The number of hydrogen-bond acceptors (Lipinski definition) is 4. The van der Waals surface area contributed by atoms with Crippen LogP contribution in [0.4, 0.5) is 0 Å². The molecule has 0 bridgehead atoms. The fourth-order valence-corrected chi connectivity index (χ4v) is 4.43. The van der Waals surface area contributed by atoms with Gasteiger partial charge in [-0.1, -0.05) is 54.9 Å². The van der Waals surface area contributed by atoms with Crippen LogP contribution in [0.3, 0.4) is 0 Å². The molecule has 0 spiro atoms. The smallest absolute Gasteiger partial charge is 0.339 e. The SMILES string of the molecule is CCC1CCCCN1C(=O)COC(=O)c1cc(-c2ccccc2Cl)nc2ccccc12. The van der Waals surface area contributed by atoms with Crippen molar-refractivity contribution in [1.82, 2.24) is 9.88 Å². The molecule has 0 saturated carbocycles. The molecule has 2 aromatic carbocycles. The lowest BCUT2D eigenvalue weighted by Crippen LogP contribution is -2.45. The third-order valence-corrected chi connectivity index (χ3v) is 6.16. The average molecular weight is 437 g/mol. The van der Waals surface area contributed by atoms with Crippen molar-refractivity contribution in [2.75, 3.05) is 13.2 Å². The second kappa shape index (κ2) is 9.48. The lowest BCUT2D eigenvalue weighted by molar-refractivity contribution is -0.138. The number of likely N-dealkylation sites (tertiary alicyclic amines) is 1. The van der Waals surface area contributed by atoms with Gasteiger partial charge < -0.3 is 9.64 Å². The third-order valence-electron chi connectivity index (χ3n) is 5.83. The summed E-state index contributed by atoms with van der Waals surface area (Å²) in [4.78, 5) is 32.3. The maximum Gasteiger partial charge on any atom is 0.339 e. The summed E-state index contributed by atoms with van der Waals surface area (Å²) in [5.41, 5.74) is 2.36. The van der Waals surface area contributed by atoms with Crippen LogP contribution in [0.15, 0.2) is 54.6 Å². The van der Waals surface area contributed by atoms with Gasteiger partial charge in [0, 0.05) is 28.6 Å². The number of benzene rings is 2. The van der Waals surface area contributed by atoms with Gasteiger partial charge in [0.25, 0.3) is 5.91 Å². The molecule has 160 valence electrons. The van der Waals surface area contributed by atoms with Gasteiger partial charge in [0.1, 0.15) is 0 Å². The molecule has 6 heteroatoms. The lowest BCUT2D eigenvalue weighted by Gasteiger charge is -2.35. The van der Waals surface area contributed by atoms with Crippen LogP contribution in [0.1, 0.15) is 43.0 Å². The maximum atomic E-state index is 13.0. The van der Waals surface area contributed by atoms with Crippen LogP contribution in [0.5, 0.6) is 0 Å². The first-order valence-electron chi connectivity index (χ1n) is 10.7. The van der Waals surface area contributed by atoms with Gasteiger partial charge in [-0.3, -0.25) is 4.79 Å². The fourth-order valence-electron chi connectivity index (χ4n) is 4.19. The quantitative estimate of drug-likeness (QED) is 0.495. The molecule has 1 aliphatic rings. The average Bonchev–Trinajstić information content (AvgIpc) is 2.81. The molecule has 4 rings (SSSR count). The zero-order chi connectivity index (χ0) is 21.8. The topological polar surface area (TPSA) is 59.5 Å². The van der Waals surface area contributed by atoms with Crippen molar-refractivity contribution >= 4 is 34.4 Å². The van der Waals surface area contributed by atoms with Crippen LogP contribution < -0.4 is 0 Å². The van der Waals surface area contributed by atoms with Gasteiger partial charge in [0.05, 0.1) is 16.8 Å². The van der Waals surface area contributed by atoms with E-state index in [9.17, 15) is 9.59 Å². The number of carbonyl (C=O) groups excluding carboxylic acids is 2. The largest absolute Gasteiger partial charge is 0.452 e. The van der Waals surface area contributed by atoms with Crippen molar-refractivity contribution in [3.8, 4) is 11.3 Å². The molecule has 1 aliphatic heterocycles.